The highest BCUT2D eigenvalue weighted by Gasteiger charge is 2.13. The molecule has 0 fully saturated rings. The van der Waals surface area contributed by atoms with Gasteiger partial charge in [0.1, 0.15) is 18.2 Å². The number of carbonyl (C=O) groups excluding carboxylic acids is 2. The van der Waals surface area contributed by atoms with E-state index >= 15 is 0 Å². The minimum atomic E-state index is -0.336. The summed E-state index contributed by atoms with van der Waals surface area (Å²) in [5.74, 6) is -0.594. The van der Waals surface area contributed by atoms with Crippen molar-refractivity contribution < 1.29 is 14.3 Å². The molecule has 7 nitrogen and oxygen atoms in total. The summed E-state index contributed by atoms with van der Waals surface area (Å²) in [6.45, 7) is 2.32. The van der Waals surface area contributed by atoms with Gasteiger partial charge in [-0.3, -0.25) is 9.59 Å². The van der Waals surface area contributed by atoms with Gasteiger partial charge in [0.25, 0.3) is 5.91 Å². The Labute approximate surface area is 177 Å². The van der Waals surface area contributed by atoms with E-state index in [1.165, 1.54) is 0 Å². The number of carbonyl (C=O) groups is 2. The predicted molar refractivity (Wildman–Crippen MR) is 112 cm³/mol. The maximum atomic E-state index is 12.2. The number of aryl methyl sites for hydroxylation is 1. The number of nitrogens with one attached hydrogen (secondary N) is 2. The van der Waals surface area contributed by atoms with E-state index in [1.807, 2.05) is 43.3 Å². The first kappa shape index (κ1) is 20.9. The highest BCUT2D eigenvalue weighted by atomic mass is 35.5. The third kappa shape index (κ3) is 6.63. The molecule has 9 heteroatoms. The molecule has 1 aromatic heterocycles. The van der Waals surface area contributed by atoms with Crippen LogP contribution in [-0.2, 0) is 22.7 Å². The molecule has 0 bridgehead atoms. The van der Waals surface area contributed by atoms with Crippen molar-refractivity contribution in [2.45, 2.75) is 20.1 Å². The molecule has 2 N–H and O–H groups in total. The van der Waals surface area contributed by atoms with Gasteiger partial charge in [-0.1, -0.05) is 52.8 Å². The monoisotopic (exact) mass is 430 g/mol. The van der Waals surface area contributed by atoms with Gasteiger partial charge < -0.3 is 15.4 Å². The fourth-order valence-electron chi connectivity index (χ4n) is 2.35. The van der Waals surface area contributed by atoms with Crippen LogP contribution in [0, 0.1) is 6.92 Å². The van der Waals surface area contributed by atoms with Crippen molar-refractivity contribution in [1.29, 1.82) is 0 Å². The van der Waals surface area contributed by atoms with Gasteiger partial charge in [-0.2, -0.15) is 0 Å². The van der Waals surface area contributed by atoms with Crippen molar-refractivity contribution in [3.8, 4) is 0 Å². The molecule has 29 heavy (non-hydrogen) atoms. The summed E-state index contributed by atoms with van der Waals surface area (Å²) < 4.78 is 5.36. The van der Waals surface area contributed by atoms with Crippen molar-refractivity contribution >= 4 is 40.4 Å². The highest BCUT2D eigenvalue weighted by Crippen LogP contribution is 2.15. The maximum absolute atomic E-state index is 12.2. The number of benzene rings is 2. The highest BCUT2D eigenvalue weighted by molar-refractivity contribution is 7.13. The van der Waals surface area contributed by atoms with E-state index in [1.54, 1.807) is 12.1 Å². The molecule has 0 aliphatic heterocycles. The van der Waals surface area contributed by atoms with Gasteiger partial charge in [0.2, 0.25) is 10.9 Å². The lowest BCUT2D eigenvalue weighted by Gasteiger charge is -2.06. The lowest BCUT2D eigenvalue weighted by Crippen LogP contribution is -2.27. The zero-order valence-electron chi connectivity index (χ0n) is 15.6. The van der Waals surface area contributed by atoms with Crippen molar-refractivity contribution in [2.75, 3.05) is 11.9 Å². The standard InChI is InChI=1S/C20H19ClN4O3S/c1-13-5-7-16(8-6-13)23-19(27)20-25-24-18(29-20)12-28-11-17(26)22-10-14-3-2-4-15(21)9-14/h2-9H,10-12H2,1H3,(H,22,26)(H,23,27). The number of hydrogen-bond acceptors (Lipinski definition) is 6. The summed E-state index contributed by atoms with van der Waals surface area (Å²) in [4.78, 5) is 24.1. The number of anilines is 1. The Morgan fingerprint density at radius 3 is 2.69 bits per heavy atom. The summed E-state index contributed by atoms with van der Waals surface area (Å²) in [7, 11) is 0. The lowest BCUT2D eigenvalue weighted by molar-refractivity contribution is -0.126. The van der Waals surface area contributed by atoms with Crippen molar-refractivity contribution in [3.63, 3.8) is 0 Å². The first-order chi connectivity index (χ1) is 14.0. The zero-order valence-corrected chi connectivity index (χ0v) is 17.2. The fraction of sp³-hybridized carbons (Fsp3) is 0.200. The molecule has 2 aromatic carbocycles. The molecule has 0 unspecified atom stereocenters. The number of aromatic nitrogens is 2. The normalized spacial score (nSPS) is 10.6. The first-order valence-electron chi connectivity index (χ1n) is 8.79. The molecule has 3 rings (SSSR count). The molecule has 0 saturated carbocycles. The largest absolute Gasteiger partial charge is 0.364 e. The van der Waals surface area contributed by atoms with Crippen LogP contribution in [0.2, 0.25) is 5.02 Å². The van der Waals surface area contributed by atoms with E-state index in [0.717, 1.165) is 22.5 Å². The van der Waals surface area contributed by atoms with E-state index in [0.29, 0.717) is 22.3 Å². The van der Waals surface area contributed by atoms with Crippen LogP contribution >= 0.6 is 22.9 Å². The van der Waals surface area contributed by atoms with Crippen LogP contribution in [0.3, 0.4) is 0 Å². The van der Waals surface area contributed by atoms with Crippen molar-refractivity contribution in [3.05, 3.63) is 74.7 Å². The third-order valence-corrected chi connectivity index (χ3v) is 4.94. The number of amides is 2. The molecule has 3 aromatic rings. The number of halogens is 1. The van der Waals surface area contributed by atoms with E-state index in [-0.39, 0.29) is 30.0 Å². The van der Waals surface area contributed by atoms with Crippen LogP contribution in [-0.4, -0.2) is 28.6 Å². The van der Waals surface area contributed by atoms with Gasteiger partial charge in [0.05, 0.1) is 0 Å². The summed E-state index contributed by atoms with van der Waals surface area (Å²) in [6.07, 6.45) is 0. The minimum Gasteiger partial charge on any atom is -0.364 e. The Morgan fingerprint density at radius 1 is 1.14 bits per heavy atom. The van der Waals surface area contributed by atoms with Crippen LogP contribution in [0.4, 0.5) is 5.69 Å². The molecule has 150 valence electrons. The number of ether oxygens (including phenoxy) is 1. The van der Waals surface area contributed by atoms with Gasteiger partial charge in [0, 0.05) is 17.3 Å². The van der Waals surface area contributed by atoms with E-state index in [4.69, 9.17) is 16.3 Å². The zero-order chi connectivity index (χ0) is 20.6. The summed E-state index contributed by atoms with van der Waals surface area (Å²) in [5.41, 5.74) is 2.69. The molecule has 0 aliphatic rings. The van der Waals surface area contributed by atoms with Gasteiger partial charge in [-0.15, -0.1) is 10.2 Å². The lowest BCUT2D eigenvalue weighted by atomic mass is 10.2. The molecule has 0 atom stereocenters. The second-order valence-corrected chi connectivity index (χ2v) is 7.72. The Kier molecular flexibility index (Phi) is 7.29. The molecule has 0 aliphatic carbocycles. The molecule has 2 amide bonds. The number of nitrogens with zero attached hydrogens (tertiary/aromatic N) is 2. The quantitative estimate of drug-likeness (QED) is 0.569. The molecule has 0 radical (unpaired) electrons. The summed E-state index contributed by atoms with van der Waals surface area (Å²) >= 11 is 7.03. The second-order valence-electron chi connectivity index (χ2n) is 6.22. The molecule has 1 heterocycles. The molecule has 0 spiro atoms. The molecule has 0 saturated heterocycles. The Balaban J connectivity index is 1.41. The topological polar surface area (TPSA) is 93.2 Å². The van der Waals surface area contributed by atoms with E-state index < -0.39 is 0 Å². The SMILES string of the molecule is Cc1ccc(NC(=O)c2nnc(COCC(=O)NCc3cccc(Cl)c3)s2)cc1. The number of rotatable bonds is 8. The Morgan fingerprint density at radius 2 is 1.93 bits per heavy atom. The minimum absolute atomic E-state index is 0.0973. The Bertz CT molecular complexity index is 991. The third-order valence-electron chi connectivity index (χ3n) is 3.81. The first-order valence-corrected chi connectivity index (χ1v) is 9.98. The molecular formula is C20H19ClN4O3S. The van der Waals surface area contributed by atoms with Gasteiger partial charge >= 0.3 is 0 Å². The van der Waals surface area contributed by atoms with Gasteiger partial charge in [-0.25, -0.2) is 0 Å². The van der Waals surface area contributed by atoms with E-state index in [9.17, 15) is 9.59 Å². The van der Waals surface area contributed by atoms with Gasteiger partial charge in [0.15, 0.2) is 0 Å². The van der Waals surface area contributed by atoms with E-state index in [2.05, 4.69) is 20.8 Å². The van der Waals surface area contributed by atoms with Crippen LogP contribution < -0.4 is 10.6 Å². The van der Waals surface area contributed by atoms with Crippen LogP contribution in [0.5, 0.6) is 0 Å². The van der Waals surface area contributed by atoms with Crippen LogP contribution in [0.25, 0.3) is 0 Å². The second kappa shape index (κ2) is 10.1. The molecular weight excluding hydrogens is 412 g/mol. The Hall–Kier alpha value is -2.81. The average molecular weight is 431 g/mol. The van der Waals surface area contributed by atoms with Crippen LogP contribution in [0.15, 0.2) is 48.5 Å². The number of hydrogen-bond donors (Lipinski definition) is 2. The summed E-state index contributed by atoms with van der Waals surface area (Å²) in [5, 5.41) is 14.7. The maximum Gasteiger partial charge on any atom is 0.286 e. The predicted octanol–water partition coefficient (Wildman–Crippen LogP) is 3.59. The smallest absolute Gasteiger partial charge is 0.286 e. The van der Waals surface area contributed by atoms with Crippen molar-refractivity contribution in [2.24, 2.45) is 0 Å². The fourth-order valence-corrected chi connectivity index (χ4v) is 3.24. The average Bonchev–Trinajstić information content (AvgIpc) is 3.17. The summed E-state index contributed by atoms with van der Waals surface area (Å²) in [6, 6.07) is 14.7. The van der Waals surface area contributed by atoms with Crippen LogP contribution in [0.1, 0.15) is 25.9 Å². The van der Waals surface area contributed by atoms with Gasteiger partial charge in [-0.05, 0) is 36.8 Å². The van der Waals surface area contributed by atoms with Crippen molar-refractivity contribution in [1.82, 2.24) is 15.5 Å².